The number of ether oxygens (including phenoxy) is 2. The summed E-state index contributed by atoms with van der Waals surface area (Å²) < 4.78 is 16.1. The Balaban J connectivity index is 1.98. The zero-order chi connectivity index (χ0) is 21.7. The van der Waals surface area contributed by atoms with Crippen molar-refractivity contribution < 1.29 is 13.9 Å². The lowest BCUT2D eigenvalue weighted by Gasteiger charge is -2.28. The molecule has 0 aromatic carbocycles. The molecular formula is C21H28N6O3. The van der Waals surface area contributed by atoms with Crippen LogP contribution in [0.5, 0.6) is 11.9 Å². The number of nitrogens with zero attached hydrogens (tertiary/aromatic N) is 5. The van der Waals surface area contributed by atoms with Crippen LogP contribution in [-0.2, 0) is 0 Å². The van der Waals surface area contributed by atoms with Crippen LogP contribution in [0.3, 0.4) is 0 Å². The maximum Gasteiger partial charge on any atom is 0.320 e. The second kappa shape index (κ2) is 9.08. The van der Waals surface area contributed by atoms with Crippen LogP contribution in [0.25, 0.3) is 22.7 Å². The largest absolute Gasteiger partial charge is 0.481 e. The van der Waals surface area contributed by atoms with Crippen LogP contribution in [-0.4, -0.2) is 66.2 Å². The van der Waals surface area contributed by atoms with Crippen LogP contribution in [0, 0.1) is 5.41 Å². The third kappa shape index (κ3) is 5.24. The smallest absolute Gasteiger partial charge is 0.320 e. The van der Waals surface area contributed by atoms with Gasteiger partial charge in [-0.05, 0) is 31.6 Å². The van der Waals surface area contributed by atoms with Gasteiger partial charge in [-0.25, -0.2) is 9.97 Å². The molecule has 0 atom stereocenters. The molecule has 0 saturated heterocycles. The lowest BCUT2D eigenvalue weighted by Crippen LogP contribution is -2.34. The average Bonchev–Trinajstić information content (AvgIpc) is 3.25. The minimum absolute atomic E-state index is 0.0454. The first kappa shape index (κ1) is 21.5. The van der Waals surface area contributed by atoms with Crippen molar-refractivity contribution in [3.63, 3.8) is 0 Å². The van der Waals surface area contributed by atoms with Gasteiger partial charge >= 0.3 is 6.01 Å². The molecule has 0 saturated carbocycles. The van der Waals surface area contributed by atoms with Crippen LogP contribution in [0.1, 0.15) is 13.8 Å². The van der Waals surface area contributed by atoms with E-state index in [2.05, 4.69) is 53.1 Å². The van der Waals surface area contributed by atoms with Gasteiger partial charge in [0, 0.05) is 30.9 Å². The molecule has 3 aromatic heterocycles. The second-order valence-corrected chi connectivity index (χ2v) is 7.97. The monoisotopic (exact) mass is 412 g/mol. The van der Waals surface area contributed by atoms with Gasteiger partial charge in [-0.1, -0.05) is 13.8 Å². The lowest BCUT2D eigenvalue weighted by atomic mass is 9.93. The highest BCUT2D eigenvalue weighted by molar-refractivity contribution is 5.77. The molecule has 1 N–H and O–H groups in total. The van der Waals surface area contributed by atoms with E-state index in [0.717, 1.165) is 13.1 Å². The van der Waals surface area contributed by atoms with Crippen LogP contribution in [0.2, 0.25) is 0 Å². The number of hydrogen-bond donors (Lipinski definition) is 1. The molecule has 0 radical (unpaired) electrons. The maximum atomic E-state index is 5.62. The first-order chi connectivity index (χ1) is 14.3. The number of nitrogens with one attached hydrogen (secondary N) is 1. The standard InChI is InChI=1S/C21H28N6O3/c1-21(2,13-27(3)4)12-23-19-22-11-14(18(26-19)16-8-7-9-30-16)15-10-17(28-5)25-20(24-15)29-6/h7-11H,12-13H2,1-6H3,(H,22,23,26). The summed E-state index contributed by atoms with van der Waals surface area (Å²) in [6.07, 6.45) is 3.32. The molecule has 9 heteroatoms. The Morgan fingerprint density at radius 2 is 1.93 bits per heavy atom. The third-order valence-corrected chi connectivity index (χ3v) is 4.36. The summed E-state index contributed by atoms with van der Waals surface area (Å²) in [6, 6.07) is 5.57. The van der Waals surface area contributed by atoms with Crippen molar-refractivity contribution >= 4 is 5.95 Å². The molecule has 0 bridgehead atoms. The Kier molecular flexibility index (Phi) is 6.51. The van der Waals surface area contributed by atoms with E-state index >= 15 is 0 Å². The summed E-state index contributed by atoms with van der Waals surface area (Å²) in [5.74, 6) is 1.51. The maximum absolute atomic E-state index is 5.62. The van der Waals surface area contributed by atoms with Crippen molar-refractivity contribution in [3.05, 3.63) is 30.7 Å². The Bertz CT molecular complexity index is 951. The third-order valence-electron chi connectivity index (χ3n) is 4.36. The molecule has 0 unspecified atom stereocenters. The van der Waals surface area contributed by atoms with Crippen LogP contribution in [0.15, 0.2) is 35.1 Å². The predicted molar refractivity (Wildman–Crippen MR) is 115 cm³/mol. The van der Waals surface area contributed by atoms with E-state index in [1.54, 1.807) is 18.5 Å². The van der Waals surface area contributed by atoms with Crippen molar-refractivity contribution in [2.24, 2.45) is 5.41 Å². The number of methoxy groups -OCH3 is 2. The number of furan rings is 1. The molecule has 0 amide bonds. The minimum Gasteiger partial charge on any atom is -0.481 e. The van der Waals surface area contributed by atoms with Crippen molar-refractivity contribution in [1.29, 1.82) is 0 Å². The Hall–Kier alpha value is -3.20. The van der Waals surface area contributed by atoms with Crippen LogP contribution >= 0.6 is 0 Å². The SMILES string of the molecule is COc1cc(-c2cnc(NCC(C)(C)CN(C)C)nc2-c2ccco2)nc(OC)n1. The molecule has 3 heterocycles. The first-order valence-corrected chi connectivity index (χ1v) is 9.58. The van der Waals surface area contributed by atoms with Gasteiger partial charge in [0.25, 0.3) is 0 Å². The van der Waals surface area contributed by atoms with Gasteiger partial charge in [0.1, 0.15) is 5.69 Å². The molecule has 0 aliphatic heterocycles. The molecular weight excluding hydrogens is 384 g/mol. The van der Waals surface area contributed by atoms with E-state index in [4.69, 9.17) is 18.9 Å². The minimum atomic E-state index is 0.0454. The van der Waals surface area contributed by atoms with E-state index < -0.39 is 0 Å². The summed E-state index contributed by atoms with van der Waals surface area (Å²) in [6.45, 7) is 6.05. The number of hydrogen-bond acceptors (Lipinski definition) is 9. The van der Waals surface area contributed by atoms with E-state index in [1.807, 2.05) is 12.1 Å². The van der Waals surface area contributed by atoms with Gasteiger partial charge < -0.3 is 24.1 Å². The second-order valence-electron chi connectivity index (χ2n) is 7.97. The molecule has 0 aliphatic rings. The number of aromatic nitrogens is 4. The summed E-state index contributed by atoms with van der Waals surface area (Å²) in [4.78, 5) is 20.0. The highest BCUT2D eigenvalue weighted by Gasteiger charge is 2.21. The van der Waals surface area contributed by atoms with Crippen molar-refractivity contribution in [1.82, 2.24) is 24.8 Å². The zero-order valence-electron chi connectivity index (χ0n) is 18.3. The summed E-state index contributed by atoms with van der Waals surface area (Å²) in [5, 5.41) is 3.34. The molecule has 0 spiro atoms. The zero-order valence-corrected chi connectivity index (χ0v) is 18.3. The quantitative estimate of drug-likeness (QED) is 0.568. The Morgan fingerprint density at radius 3 is 2.57 bits per heavy atom. The first-order valence-electron chi connectivity index (χ1n) is 9.58. The van der Waals surface area contributed by atoms with Crippen LogP contribution in [0.4, 0.5) is 5.95 Å². The van der Waals surface area contributed by atoms with Gasteiger partial charge in [0.05, 0.1) is 26.2 Å². The lowest BCUT2D eigenvalue weighted by molar-refractivity contribution is 0.254. The fraction of sp³-hybridized carbons (Fsp3) is 0.429. The number of rotatable bonds is 9. The van der Waals surface area contributed by atoms with Gasteiger partial charge in [0.2, 0.25) is 11.8 Å². The summed E-state index contributed by atoms with van der Waals surface area (Å²) in [7, 11) is 7.17. The number of anilines is 1. The highest BCUT2D eigenvalue weighted by Crippen LogP contribution is 2.32. The molecule has 30 heavy (non-hydrogen) atoms. The molecule has 0 aliphatic carbocycles. The van der Waals surface area contributed by atoms with Crippen molar-refractivity contribution in [2.45, 2.75) is 13.8 Å². The van der Waals surface area contributed by atoms with Gasteiger partial charge in [0.15, 0.2) is 5.76 Å². The molecule has 0 fully saturated rings. The van der Waals surface area contributed by atoms with Crippen molar-refractivity contribution in [2.75, 3.05) is 46.7 Å². The van der Waals surface area contributed by atoms with E-state index in [1.165, 1.54) is 14.2 Å². The molecule has 160 valence electrons. The van der Waals surface area contributed by atoms with Gasteiger partial charge in [-0.15, -0.1) is 0 Å². The van der Waals surface area contributed by atoms with Crippen LogP contribution < -0.4 is 14.8 Å². The van der Waals surface area contributed by atoms with Crippen molar-refractivity contribution in [3.8, 4) is 34.6 Å². The Morgan fingerprint density at radius 1 is 1.13 bits per heavy atom. The summed E-state index contributed by atoms with van der Waals surface area (Å²) in [5.41, 5.74) is 1.92. The predicted octanol–water partition coefficient (Wildman–Crippen LogP) is 3.21. The van der Waals surface area contributed by atoms with Gasteiger partial charge in [-0.2, -0.15) is 9.97 Å². The Labute approximate surface area is 176 Å². The average molecular weight is 412 g/mol. The molecule has 3 aromatic rings. The van der Waals surface area contributed by atoms with E-state index in [0.29, 0.717) is 34.5 Å². The van der Waals surface area contributed by atoms with Gasteiger partial charge in [-0.3, -0.25) is 0 Å². The summed E-state index contributed by atoms with van der Waals surface area (Å²) >= 11 is 0. The van der Waals surface area contributed by atoms with E-state index in [-0.39, 0.29) is 11.4 Å². The molecule has 9 nitrogen and oxygen atoms in total. The normalized spacial score (nSPS) is 11.6. The van der Waals surface area contributed by atoms with E-state index in [9.17, 15) is 0 Å². The fourth-order valence-corrected chi connectivity index (χ4v) is 3.22. The molecule has 3 rings (SSSR count). The highest BCUT2D eigenvalue weighted by atomic mass is 16.5. The topological polar surface area (TPSA) is 98.4 Å². The fourth-order valence-electron chi connectivity index (χ4n) is 3.22.